The molecule has 0 fully saturated rings. The predicted octanol–water partition coefficient (Wildman–Crippen LogP) is 1.60. The minimum Gasteiger partial charge on any atom is -0.489 e. The van der Waals surface area contributed by atoms with Gasteiger partial charge >= 0.3 is 0 Å². The lowest BCUT2D eigenvalue weighted by Gasteiger charge is -1.91. The number of aryl methyl sites for hydroxylation is 1. The first-order valence-corrected chi connectivity index (χ1v) is 2.77. The maximum absolute atomic E-state index is 4.88. The molecule has 0 radical (unpaired) electrons. The minimum atomic E-state index is 0.737. The molecule has 0 aliphatic heterocycles. The smallest absolute Gasteiger partial charge is 0.169 e. The number of hydrogen-bond acceptors (Lipinski definition) is 1. The van der Waals surface area contributed by atoms with Crippen LogP contribution in [0, 0.1) is 19.1 Å². The number of hydrogen-bond donors (Lipinski definition) is 0. The van der Waals surface area contributed by atoms with Crippen LogP contribution >= 0.6 is 0 Å². The maximum Gasteiger partial charge on any atom is 0.169 e. The molecule has 1 nitrogen and oxygen atoms in total. The molecule has 0 atom stereocenters. The number of rotatable bonds is 1. The van der Waals surface area contributed by atoms with E-state index in [0.29, 0.717) is 0 Å². The summed E-state index contributed by atoms with van der Waals surface area (Å²) in [6.07, 6.45) is 0. The van der Waals surface area contributed by atoms with Gasteiger partial charge in [-0.15, -0.1) is 0 Å². The summed E-state index contributed by atoms with van der Waals surface area (Å²) >= 11 is 0. The van der Waals surface area contributed by atoms with Crippen molar-refractivity contribution >= 4 is 0 Å². The topological polar surface area (TPSA) is 9.23 Å². The van der Waals surface area contributed by atoms with Gasteiger partial charge in [-0.3, -0.25) is 0 Å². The maximum atomic E-state index is 4.88. The van der Waals surface area contributed by atoms with Gasteiger partial charge in [-0.1, -0.05) is 6.07 Å². The molecule has 0 saturated heterocycles. The SMILES string of the molecule is COc1c#cc(C)cc1. The fraction of sp³-hybridized carbons (Fsp3) is 0.250. The quantitative estimate of drug-likeness (QED) is 0.547. The summed E-state index contributed by atoms with van der Waals surface area (Å²) in [6.45, 7) is 1.97. The second kappa shape index (κ2) is 2.41. The molecule has 1 heteroatoms. The van der Waals surface area contributed by atoms with E-state index < -0.39 is 0 Å². The summed E-state index contributed by atoms with van der Waals surface area (Å²) in [5.41, 5.74) is 1.08. The summed E-state index contributed by atoms with van der Waals surface area (Å²) in [7, 11) is 1.62. The Balaban J connectivity index is 2.88. The highest BCUT2D eigenvalue weighted by atomic mass is 16.5. The van der Waals surface area contributed by atoms with Crippen LogP contribution in [0.4, 0.5) is 0 Å². The summed E-state index contributed by atoms with van der Waals surface area (Å²) in [4.78, 5) is 0. The van der Waals surface area contributed by atoms with Crippen molar-refractivity contribution in [3.63, 3.8) is 0 Å². The number of ether oxygens (including phenoxy) is 1. The van der Waals surface area contributed by atoms with Crippen LogP contribution in [-0.4, -0.2) is 7.11 Å². The second-order valence-corrected chi connectivity index (χ2v) is 1.83. The van der Waals surface area contributed by atoms with Crippen molar-refractivity contribution in [2.45, 2.75) is 6.92 Å². The summed E-state index contributed by atoms with van der Waals surface area (Å²) in [6, 6.07) is 9.55. The van der Waals surface area contributed by atoms with Crippen LogP contribution in [0.2, 0.25) is 0 Å². The average molecular weight is 120 g/mol. The molecular formula is C8H8O. The Morgan fingerprint density at radius 3 is 2.56 bits per heavy atom. The first kappa shape index (κ1) is 5.97. The summed E-state index contributed by atoms with van der Waals surface area (Å²) in [5, 5.41) is 0. The highest BCUT2D eigenvalue weighted by Crippen LogP contribution is 2.03. The fourth-order valence-electron chi connectivity index (χ4n) is 0.563. The molecule has 0 bridgehead atoms. The van der Waals surface area contributed by atoms with E-state index in [1.165, 1.54) is 0 Å². The zero-order valence-corrected chi connectivity index (χ0v) is 5.56. The first-order chi connectivity index (χ1) is 4.33. The van der Waals surface area contributed by atoms with Crippen molar-refractivity contribution in [2.24, 2.45) is 0 Å². The third-order valence-corrected chi connectivity index (χ3v) is 1.09. The third kappa shape index (κ3) is 1.36. The van der Waals surface area contributed by atoms with Crippen LogP contribution in [0.3, 0.4) is 0 Å². The summed E-state index contributed by atoms with van der Waals surface area (Å²) < 4.78 is 4.88. The number of methoxy groups -OCH3 is 1. The molecule has 0 unspecified atom stereocenters. The Morgan fingerprint density at radius 2 is 2.11 bits per heavy atom. The van der Waals surface area contributed by atoms with Gasteiger partial charge < -0.3 is 4.74 Å². The molecule has 9 heavy (non-hydrogen) atoms. The molecule has 0 N–H and O–H groups in total. The van der Waals surface area contributed by atoms with E-state index in [1.807, 2.05) is 19.1 Å². The lowest BCUT2D eigenvalue weighted by atomic mass is 10.3. The van der Waals surface area contributed by atoms with Gasteiger partial charge in [-0.2, -0.15) is 0 Å². The van der Waals surface area contributed by atoms with E-state index >= 15 is 0 Å². The zero-order valence-electron chi connectivity index (χ0n) is 5.56. The van der Waals surface area contributed by atoms with Crippen molar-refractivity contribution in [1.82, 2.24) is 0 Å². The molecule has 1 aromatic rings. The van der Waals surface area contributed by atoms with Crippen molar-refractivity contribution in [3.05, 3.63) is 29.8 Å². The molecule has 0 spiro atoms. The predicted molar refractivity (Wildman–Crippen MR) is 35.4 cm³/mol. The van der Waals surface area contributed by atoms with Crippen LogP contribution in [0.1, 0.15) is 5.56 Å². The lowest BCUT2D eigenvalue weighted by Crippen LogP contribution is -1.78. The lowest BCUT2D eigenvalue weighted by molar-refractivity contribution is 0.415. The fourth-order valence-corrected chi connectivity index (χ4v) is 0.563. The largest absolute Gasteiger partial charge is 0.489 e. The van der Waals surface area contributed by atoms with Crippen molar-refractivity contribution < 1.29 is 4.74 Å². The Labute approximate surface area is 55.3 Å². The Hall–Kier alpha value is -1.16. The molecule has 0 heterocycles. The molecule has 1 rings (SSSR count). The van der Waals surface area contributed by atoms with E-state index in [2.05, 4.69) is 12.1 Å². The van der Waals surface area contributed by atoms with Crippen molar-refractivity contribution in [3.8, 4) is 5.75 Å². The van der Waals surface area contributed by atoms with Gasteiger partial charge in [0.2, 0.25) is 0 Å². The molecule has 0 aromatic heterocycles. The van der Waals surface area contributed by atoms with Crippen LogP contribution in [-0.2, 0) is 0 Å². The van der Waals surface area contributed by atoms with Gasteiger partial charge in [-0.05, 0) is 30.7 Å². The van der Waals surface area contributed by atoms with Gasteiger partial charge in [0.25, 0.3) is 0 Å². The van der Waals surface area contributed by atoms with Crippen LogP contribution in [0.15, 0.2) is 12.1 Å². The first-order valence-electron chi connectivity index (χ1n) is 2.77. The van der Waals surface area contributed by atoms with Crippen LogP contribution < -0.4 is 4.74 Å². The van der Waals surface area contributed by atoms with Crippen molar-refractivity contribution in [2.75, 3.05) is 7.11 Å². The Morgan fingerprint density at radius 1 is 1.33 bits per heavy atom. The monoisotopic (exact) mass is 120 g/mol. The highest BCUT2D eigenvalue weighted by molar-refractivity contribution is 5.18. The van der Waals surface area contributed by atoms with Gasteiger partial charge in [-0.25, -0.2) is 0 Å². The van der Waals surface area contributed by atoms with E-state index in [1.54, 1.807) is 7.11 Å². The summed E-state index contributed by atoms with van der Waals surface area (Å²) in [5.74, 6) is 0.737. The standard InChI is InChI=1S/C8H8O/c1-7-3-5-8(9-2)6-4-7/h3,5H,1-2H3. The third-order valence-electron chi connectivity index (χ3n) is 1.09. The normalized spacial score (nSPS) is 8.22. The van der Waals surface area contributed by atoms with E-state index in [9.17, 15) is 0 Å². The molecule has 0 aliphatic rings. The van der Waals surface area contributed by atoms with Gasteiger partial charge in [0, 0.05) is 0 Å². The van der Waals surface area contributed by atoms with E-state index in [0.717, 1.165) is 11.3 Å². The average Bonchev–Trinajstić information content (AvgIpc) is 1.90. The van der Waals surface area contributed by atoms with E-state index in [4.69, 9.17) is 4.74 Å². The second-order valence-electron chi connectivity index (χ2n) is 1.83. The highest BCUT2D eigenvalue weighted by Gasteiger charge is 1.83. The Bertz CT molecular complexity index is 176. The van der Waals surface area contributed by atoms with Crippen LogP contribution in [0.25, 0.3) is 0 Å². The van der Waals surface area contributed by atoms with E-state index in [-0.39, 0.29) is 0 Å². The molecule has 0 aliphatic carbocycles. The minimum absolute atomic E-state index is 0.737. The van der Waals surface area contributed by atoms with Gasteiger partial charge in [0.05, 0.1) is 7.11 Å². The van der Waals surface area contributed by atoms with Crippen molar-refractivity contribution in [1.29, 1.82) is 0 Å². The Kier molecular flexibility index (Phi) is 1.60. The van der Waals surface area contributed by atoms with Crippen LogP contribution in [0.5, 0.6) is 5.75 Å². The molecular weight excluding hydrogens is 112 g/mol. The molecule has 0 saturated carbocycles. The molecule has 1 aromatic carbocycles. The molecule has 46 valence electrons. The molecule has 0 amide bonds. The van der Waals surface area contributed by atoms with Gasteiger partial charge in [0.15, 0.2) is 5.75 Å². The van der Waals surface area contributed by atoms with Gasteiger partial charge in [0.1, 0.15) is 0 Å². The zero-order chi connectivity index (χ0) is 6.69.